The topological polar surface area (TPSA) is 101 Å². The Morgan fingerprint density at radius 2 is 1.97 bits per heavy atom. The van der Waals surface area contributed by atoms with Gasteiger partial charge in [0.15, 0.2) is 11.4 Å². The summed E-state index contributed by atoms with van der Waals surface area (Å²) in [6.45, 7) is 7.69. The van der Waals surface area contributed by atoms with Crippen LogP contribution in [-0.2, 0) is 25.8 Å². The highest BCUT2D eigenvalue weighted by molar-refractivity contribution is 6.02. The van der Waals surface area contributed by atoms with Crippen molar-refractivity contribution in [1.29, 1.82) is 0 Å². The van der Waals surface area contributed by atoms with E-state index in [1.807, 2.05) is 37.4 Å². The fraction of sp³-hybridized carbons (Fsp3) is 0.615. The zero-order chi connectivity index (χ0) is 23.8. The van der Waals surface area contributed by atoms with Gasteiger partial charge in [-0.15, -0.1) is 0 Å². The molecule has 2 aliphatic rings. The second-order valence-electron chi connectivity index (χ2n) is 10.0. The smallest absolute Gasteiger partial charge is 0.253 e. The molecule has 2 fully saturated rings. The molecule has 0 radical (unpaired) electrons. The van der Waals surface area contributed by atoms with Crippen LogP contribution in [-0.4, -0.2) is 45.6 Å². The number of H-pyrrole nitrogens is 1. The van der Waals surface area contributed by atoms with E-state index in [0.29, 0.717) is 12.8 Å². The minimum absolute atomic E-state index is 0.0696. The summed E-state index contributed by atoms with van der Waals surface area (Å²) in [6.07, 6.45) is 5.67. The van der Waals surface area contributed by atoms with Crippen LogP contribution in [0.5, 0.6) is 0 Å². The fourth-order valence-electron chi connectivity index (χ4n) is 5.57. The van der Waals surface area contributed by atoms with Crippen LogP contribution in [0.4, 0.5) is 0 Å². The lowest BCUT2D eigenvalue weighted by molar-refractivity contribution is -0.304. The maximum Gasteiger partial charge on any atom is 0.253 e. The Morgan fingerprint density at radius 3 is 2.73 bits per heavy atom. The average molecular weight is 457 g/mol. The number of amides is 1. The second kappa shape index (κ2) is 9.57. The summed E-state index contributed by atoms with van der Waals surface area (Å²) in [7, 11) is 0. The summed E-state index contributed by atoms with van der Waals surface area (Å²) in [5, 5.41) is 15.3. The molecule has 2 saturated heterocycles. The molecule has 1 aromatic heterocycles. The van der Waals surface area contributed by atoms with Crippen molar-refractivity contribution >= 4 is 22.6 Å². The van der Waals surface area contributed by atoms with E-state index in [1.54, 1.807) is 6.92 Å². The lowest BCUT2D eigenvalue weighted by Gasteiger charge is -2.44. The Balaban J connectivity index is 1.43. The van der Waals surface area contributed by atoms with Gasteiger partial charge in [-0.3, -0.25) is 9.59 Å². The lowest BCUT2D eigenvalue weighted by atomic mass is 9.68. The average Bonchev–Trinajstić information content (AvgIpc) is 3.43. The van der Waals surface area contributed by atoms with E-state index in [-0.39, 0.29) is 23.9 Å². The first-order valence-corrected chi connectivity index (χ1v) is 12.2. The molecule has 0 bridgehead atoms. The normalized spacial score (nSPS) is 32.2. The highest BCUT2D eigenvalue weighted by Gasteiger charge is 2.55. The summed E-state index contributed by atoms with van der Waals surface area (Å²) in [6, 6.07) is 7.23. The van der Waals surface area contributed by atoms with Gasteiger partial charge in [-0.05, 0) is 36.3 Å². The van der Waals surface area contributed by atoms with Crippen LogP contribution in [0.2, 0.25) is 0 Å². The van der Waals surface area contributed by atoms with Crippen molar-refractivity contribution in [3.8, 4) is 0 Å². The molecule has 0 spiro atoms. The number of benzene rings is 1. The van der Waals surface area contributed by atoms with Gasteiger partial charge in [0.25, 0.3) is 5.91 Å². The number of fused-ring (bicyclic) bond motifs is 1. The van der Waals surface area contributed by atoms with Crippen molar-refractivity contribution < 1.29 is 24.5 Å². The van der Waals surface area contributed by atoms with Crippen molar-refractivity contribution in [3.05, 3.63) is 36.0 Å². The first-order valence-electron chi connectivity index (χ1n) is 12.2. The van der Waals surface area contributed by atoms with E-state index in [9.17, 15) is 14.7 Å². The molecule has 7 heteroatoms. The maximum absolute atomic E-state index is 13.3. The number of aliphatic hydroxyl groups is 1. The molecule has 3 heterocycles. The Kier molecular flexibility index (Phi) is 6.93. The molecule has 0 aliphatic carbocycles. The zero-order valence-corrected chi connectivity index (χ0v) is 20.0. The molecule has 1 aromatic carbocycles. The van der Waals surface area contributed by atoms with Crippen molar-refractivity contribution in [2.45, 2.75) is 83.6 Å². The minimum Gasteiger partial charge on any atom is -0.379 e. The first kappa shape index (κ1) is 23.9. The molecule has 7 unspecified atom stereocenters. The van der Waals surface area contributed by atoms with Crippen molar-refractivity contribution in [2.24, 2.45) is 17.8 Å². The molecule has 0 saturated carbocycles. The highest BCUT2D eigenvalue weighted by Crippen LogP contribution is 2.38. The lowest BCUT2D eigenvalue weighted by Crippen LogP contribution is -2.67. The monoisotopic (exact) mass is 456 g/mol. The van der Waals surface area contributed by atoms with E-state index >= 15 is 0 Å². The van der Waals surface area contributed by atoms with Crippen LogP contribution >= 0.6 is 0 Å². The number of aromatic nitrogens is 1. The Morgan fingerprint density at radius 1 is 1.21 bits per heavy atom. The third kappa shape index (κ3) is 4.46. The predicted octanol–water partition coefficient (Wildman–Crippen LogP) is 3.70. The van der Waals surface area contributed by atoms with Crippen LogP contribution in [0.3, 0.4) is 0 Å². The van der Waals surface area contributed by atoms with E-state index in [0.717, 1.165) is 35.7 Å². The van der Waals surface area contributed by atoms with Crippen molar-refractivity contribution in [3.63, 3.8) is 0 Å². The molecular formula is C26H36N2O5. The van der Waals surface area contributed by atoms with Gasteiger partial charge in [-0.25, -0.2) is 9.78 Å². The molecular weight excluding hydrogens is 420 g/mol. The summed E-state index contributed by atoms with van der Waals surface area (Å²) in [5.41, 5.74) is 0.224. The number of rotatable bonds is 8. The third-order valence-corrected chi connectivity index (χ3v) is 7.73. The summed E-state index contributed by atoms with van der Waals surface area (Å²) >= 11 is 0. The summed E-state index contributed by atoms with van der Waals surface area (Å²) in [4.78, 5) is 40.6. The van der Waals surface area contributed by atoms with Gasteiger partial charge >= 0.3 is 0 Å². The fourth-order valence-corrected chi connectivity index (χ4v) is 5.57. The quantitative estimate of drug-likeness (QED) is 0.526. The van der Waals surface area contributed by atoms with Crippen LogP contribution in [0, 0.1) is 17.8 Å². The molecule has 180 valence electrons. The van der Waals surface area contributed by atoms with Crippen molar-refractivity contribution in [2.75, 3.05) is 0 Å². The number of Topliss-reactive ketones (excluding diaryl/α,β-unsaturated/α-hetero) is 1. The molecule has 33 heavy (non-hydrogen) atoms. The van der Waals surface area contributed by atoms with Crippen LogP contribution in [0.1, 0.15) is 58.9 Å². The van der Waals surface area contributed by atoms with E-state index < -0.39 is 29.4 Å². The molecule has 7 atom stereocenters. The van der Waals surface area contributed by atoms with Crippen molar-refractivity contribution in [1.82, 2.24) is 10.3 Å². The number of hydrogen-bond donors (Lipinski definition) is 3. The molecule has 4 rings (SSSR count). The third-order valence-electron chi connectivity index (χ3n) is 7.73. The largest absolute Gasteiger partial charge is 0.379 e. The number of aromatic amines is 1. The molecule has 1 amide bonds. The predicted molar refractivity (Wildman–Crippen MR) is 125 cm³/mol. The molecule has 3 N–H and O–H groups in total. The Hall–Kier alpha value is -2.22. The van der Waals surface area contributed by atoms with E-state index in [4.69, 9.17) is 9.78 Å². The number of nitrogens with one attached hydrogen (secondary N) is 2. The Bertz CT molecular complexity index is 1000. The van der Waals surface area contributed by atoms with Gasteiger partial charge in [-0.1, -0.05) is 52.3 Å². The number of hydrogen-bond acceptors (Lipinski definition) is 5. The van der Waals surface area contributed by atoms with Crippen LogP contribution in [0.15, 0.2) is 30.5 Å². The van der Waals surface area contributed by atoms with E-state index in [1.165, 1.54) is 0 Å². The summed E-state index contributed by atoms with van der Waals surface area (Å²) < 4.78 is 0. The van der Waals surface area contributed by atoms with Crippen LogP contribution < -0.4 is 5.32 Å². The number of carbonyl (C=O) groups is 2. The van der Waals surface area contributed by atoms with Gasteiger partial charge < -0.3 is 15.4 Å². The molecule has 2 aromatic rings. The van der Waals surface area contributed by atoms with Crippen LogP contribution in [0.25, 0.3) is 10.9 Å². The number of ketones is 1. The zero-order valence-electron chi connectivity index (χ0n) is 20.0. The standard InChI is InChI=1S/C26H36N2O5/c1-5-8-19-13-23(33-32-19)15(2)11-16(3)26(31)17(4)24(29)22(28-25(26)30)12-18-14-27-21-10-7-6-9-20(18)21/h6-7,9-10,14-17,19,22-23,27,31H,5,8,11-13H2,1-4H3,(H,28,30). The van der Waals surface area contributed by atoms with Gasteiger partial charge in [0.1, 0.15) is 0 Å². The first-order chi connectivity index (χ1) is 15.8. The SMILES string of the molecule is CCCC1CC(C(C)CC(C)C2(O)C(=O)NC(Cc3c[nH]c4ccccc34)C(=O)C2C)OO1. The Labute approximate surface area is 195 Å². The van der Waals surface area contributed by atoms with Gasteiger partial charge in [0, 0.05) is 29.9 Å². The number of piperidine rings is 1. The molecule has 2 aliphatic heterocycles. The van der Waals surface area contributed by atoms with E-state index in [2.05, 4.69) is 24.1 Å². The van der Waals surface area contributed by atoms with Gasteiger partial charge in [-0.2, -0.15) is 0 Å². The minimum atomic E-state index is -1.75. The second-order valence-corrected chi connectivity index (χ2v) is 10.0. The number of carbonyl (C=O) groups excluding carboxylic acids is 2. The molecule has 7 nitrogen and oxygen atoms in total. The highest BCUT2D eigenvalue weighted by atomic mass is 17.2. The van der Waals surface area contributed by atoms with Gasteiger partial charge in [0.05, 0.1) is 24.2 Å². The number of para-hydroxylation sites is 1. The van der Waals surface area contributed by atoms with Gasteiger partial charge in [0.2, 0.25) is 0 Å². The maximum atomic E-state index is 13.3. The summed E-state index contributed by atoms with van der Waals surface area (Å²) in [5.74, 6) is -1.71.